The maximum absolute atomic E-state index is 11.8. The fourth-order valence-corrected chi connectivity index (χ4v) is 2.15. The smallest absolute Gasteiger partial charge is 0.168 e. The molecule has 0 bridgehead atoms. The fraction of sp³-hybridized carbons (Fsp3) is 0.273. The normalized spacial score (nSPS) is 10.5. The van der Waals surface area contributed by atoms with Gasteiger partial charge in [-0.05, 0) is 18.6 Å². The molecule has 0 N–H and O–H groups in total. The molecule has 3 nitrogen and oxygen atoms in total. The standard InChI is InChI=1S/C11H12N2OS/c1-8-3-10(7-15-8)11(14)4-9-5-12-13(2)6-9/h3,5-7H,4H2,1-2H3. The van der Waals surface area contributed by atoms with Gasteiger partial charge in [0.2, 0.25) is 0 Å². The van der Waals surface area contributed by atoms with Crippen LogP contribution in [0.15, 0.2) is 23.8 Å². The average Bonchev–Trinajstić information content (AvgIpc) is 2.75. The van der Waals surface area contributed by atoms with Gasteiger partial charge in [-0.1, -0.05) is 0 Å². The molecule has 0 aromatic carbocycles. The first-order valence-electron chi connectivity index (χ1n) is 4.71. The highest BCUT2D eigenvalue weighted by molar-refractivity contribution is 7.10. The highest BCUT2D eigenvalue weighted by Gasteiger charge is 2.09. The van der Waals surface area contributed by atoms with E-state index >= 15 is 0 Å². The molecule has 2 heterocycles. The number of hydrogen-bond donors (Lipinski definition) is 0. The summed E-state index contributed by atoms with van der Waals surface area (Å²) in [6, 6.07) is 1.93. The zero-order valence-corrected chi connectivity index (χ0v) is 9.54. The Morgan fingerprint density at radius 3 is 2.93 bits per heavy atom. The first-order chi connectivity index (χ1) is 7.15. The van der Waals surface area contributed by atoms with E-state index in [1.807, 2.05) is 31.6 Å². The van der Waals surface area contributed by atoms with Crippen molar-refractivity contribution in [2.75, 3.05) is 0 Å². The number of aryl methyl sites for hydroxylation is 2. The second kappa shape index (κ2) is 3.98. The third-order valence-electron chi connectivity index (χ3n) is 2.18. The molecule has 0 aliphatic carbocycles. The lowest BCUT2D eigenvalue weighted by Crippen LogP contribution is -2.01. The zero-order valence-electron chi connectivity index (χ0n) is 8.73. The molecule has 2 aromatic rings. The number of rotatable bonds is 3. The molecule has 4 heteroatoms. The lowest BCUT2D eigenvalue weighted by molar-refractivity contribution is 0.0993. The van der Waals surface area contributed by atoms with Gasteiger partial charge in [-0.25, -0.2) is 0 Å². The molecule has 0 atom stereocenters. The monoisotopic (exact) mass is 220 g/mol. The van der Waals surface area contributed by atoms with Gasteiger partial charge in [0, 0.05) is 35.5 Å². The van der Waals surface area contributed by atoms with Gasteiger partial charge in [-0.2, -0.15) is 5.10 Å². The molecule has 0 fully saturated rings. The van der Waals surface area contributed by atoms with Crippen LogP contribution in [0.3, 0.4) is 0 Å². The van der Waals surface area contributed by atoms with Crippen molar-refractivity contribution in [3.05, 3.63) is 39.8 Å². The van der Waals surface area contributed by atoms with Crippen LogP contribution in [0.1, 0.15) is 20.8 Å². The Balaban J connectivity index is 2.10. The van der Waals surface area contributed by atoms with Crippen LogP contribution in [0.5, 0.6) is 0 Å². The highest BCUT2D eigenvalue weighted by Crippen LogP contribution is 2.15. The molecule has 0 radical (unpaired) electrons. The summed E-state index contributed by atoms with van der Waals surface area (Å²) in [6.07, 6.45) is 4.04. The Morgan fingerprint density at radius 1 is 1.60 bits per heavy atom. The van der Waals surface area contributed by atoms with Crippen molar-refractivity contribution in [1.29, 1.82) is 0 Å². The van der Waals surface area contributed by atoms with Crippen molar-refractivity contribution in [2.45, 2.75) is 13.3 Å². The zero-order chi connectivity index (χ0) is 10.8. The van der Waals surface area contributed by atoms with Gasteiger partial charge < -0.3 is 0 Å². The number of hydrogen-bond acceptors (Lipinski definition) is 3. The molecule has 0 amide bonds. The maximum Gasteiger partial charge on any atom is 0.168 e. The Labute approximate surface area is 92.4 Å². The second-order valence-corrected chi connectivity index (χ2v) is 4.68. The van der Waals surface area contributed by atoms with Crippen LogP contribution in [0, 0.1) is 6.92 Å². The quantitative estimate of drug-likeness (QED) is 0.743. The minimum absolute atomic E-state index is 0.160. The van der Waals surface area contributed by atoms with Crippen LogP contribution in [0.25, 0.3) is 0 Å². The van der Waals surface area contributed by atoms with Gasteiger partial charge in [0.25, 0.3) is 0 Å². The summed E-state index contributed by atoms with van der Waals surface area (Å²) in [6.45, 7) is 2.01. The molecule has 15 heavy (non-hydrogen) atoms. The van der Waals surface area contributed by atoms with Crippen molar-refractivity contribution in [3.63, 3.8) is 0 Å². The van der Waals surface area contributed by atoms with Crippen molar-refractivity contribution in [2.24, 2.45) is 7.05 Å². The second-order valence-electron chi connectivity index (χ2n) is 3.57. The lowest BCUT2D eigenvalue weighted by atomic mass is 10.1. The van der Waals surface area contributed by atoms with Crippen molar-refractivity contribution >= 4 is 17.1 Å². The van der Waals surface area contributed by atoms with E-state index in [0.29, 0.717) is 6.42 Å². The topological polar surface area (TPSA) is 34.9 Å². The first-order valence-corrected chi connectivity index (χ1v) is 5.59. The molecule has 0 saturated heterocycles. The van der Waals surface area contributed by atoms with E-state index in [9.17, 15) is 4.79 Å². The minimum Gasteiger partial charge on any atom is -0.294 e. The van der Waals surface area contributed by atoms with Gasteiger partial charge in [0.05, 0.1) is 6.20 Å². The van der Waals surface area contributed by atoms with E-state index in [1.54, 1.807) is 22.2 Å². The minimum atomic E-state index is 0.160. The van der Waals surface area contributed by atoms with Gasteiger partial charge >= 0.3 is 0 Å². The summed E-state index contributed by atoms with van der Waals surface area (Å²) in [4.78, 5) is 13.0. The molecule has 2 rings (SSSR count). The molecule has 0 saturated carbocycles. The lowest BCUT2D eigenvalue weighted by Gasteiger charge is -1.93. The van der Waals surface area contributed by atoms with Crippen LogP contribution in [-0.4, -0.2) is 15.6 Å². The van der Waals surface area contributed by atoms with E-state index in [0.717, 1.165) is 11.1 Å². The summed E-state index contributed by atoms with van der Waals surface area (Å²) in [5.41, 5.74) is 1.77. The van der Waals surface area contributed by atoms with Crippen LogP contribution in [0.4, 0.5) is 0 Å². The van der Waals surface area contributed by atoms with Crippen LogP contribution >= 0.6 is 11.3 Å². The number of thiophene rings is 1. The number of Topliss-reactive ketones (excluding diaryl/α,β-unsaturated/α-hetero) is 1. The maximum atomic E-state index is 11.8. The molecule has 0 spiro atoms. The van der Waals surface area contributed by atoms with Gasteiger partial charge in [-0.15, -0.1) is 11.3 Å². The van der Waals surface area contributed by atoms with Crippen LogP contribution in [-0.2, 0) is 13.5 Å². The van der Waals surface area contributed by atoms with Crippen molar-refractivity contribution in [1.82, 2.24) is 9.78 Å². The Kier molecular flexibility index (Phi) is 2.68. The van der Waals surface area contributed by atoms with E-state index < -0.39 is 0 Å². The molecular weight excluding hydrogens is 208 g/mol. The summed E-state index contributed by atoms with van der Waals surface area (Å²) >= 11 is 1.61. The molecule has 0 unspecified atom stereocenters. The number of carbonyl (C=O) groups is 1. The Bertz CT molecular complexity index is 484. The van der Waals surface area contributed by atoms with E-state index in [-0.39, 0.29) is 5.78 Å². The molecule has 2 aromatic heterocycles. The number of carbonyl (C=O) groups excluding carboxylic acids is 1. The Hall–Kier alpha value is -1.42. The van der Waals surface area contributed by atoms with E-state index in [4.69, 9.17) is 0 Å². The summed E-state index contributed by atoms with van der Waals surface area (Å²) in [7, 11) is 1.85. The van der Waals surface area contributed by atoms with Crippen LogP contribution in [0.2, 0.25) is 0 Å². The average molecular weight is 220 g/mol. The van der Waals surface area contributed by atoms with Crippen LogP contribution < -0.4 is 0 Å². The SMILES string of the molecule is Cc1cc(C(=O)Cc2cnn(C)c2)cs1. The summed E-state index contributed by atoms with van der Waals surface area (Å²) < 4.78 is 1.71. The van der Waals surface area contributed by atoms with E-state index in [2.05, 4.69) is 5.10 Å². The third kappa shape index (κ3) is 2.33. The summed E-state index contributed by atoms with van der Waals surface area (Å²) in [5, 5.41) is 5.95. The number of aromatic nitrogens is 2. The molecular formula is C11H12N2OS. The van der Waals surface area contributed by atoms with Crippen molar-refractivity contribution < 1.29 is 4.79 Å². The fourth-order valence-electron chi connectivity index (χ4n) is 1.44. The summed E-state index contributed by atoms with van der Waals surface area (Å²) in [5.74, 6) is 0.160. The Morgan fingerprint density at radius 2 is 2.40 bits per heavy atom. The number of nitrogens with zero attached hydrogens (tertiary/aromatic N) is 2. The van der Waals surface area contributed by atoms with E-state index in [1.165, 1.54) is 4.88 Å². The third-order valence-corrected chi connectivity index (χ3v) is 3.04. The number of ketones is 1. The molecule has 78 valence electrons. The van der Waals surface area contributed by atoms with Crippen molar-refractivity contribution in [3.8, 4) is 0 Å². The van der Waals surface area contributed by atoms with Gasteiger partial charge in [0.1, 0.15) is 0 Å². The molecule has 0 aliphatic rings. The predicted molar refractivity (Wildman–Crippen MR) is 60.3 cm³/mol. The molecule has 0 aliphatic heterocycles. The van der Waals surface area contributed by atoms with Gasteiger partial charge in [0.15, 0.2) is 5.78 Å². The van der Waals surface area contributed by atoms with Gasteiger partial charge in [-0.3, -0.25) is 9.48 Å². The largest absolute Gasteiger partial charge is 0.294 e. The first kappa shape index (κ1) is 10.1. The predicted octanol–water partition coefficient (Wildman–Crippen LogP) is 2.22. The highest BCUT2D eigenvalue weighted by atomic mass is 32.1.